The summed E-state index contributed by atoms with van der Waals surface area (Å²) in [6.07, 6.45) is -0.642. The maximum Gasteiger partial charge on any atom is 0.407 e. The highest BCUT2D eigenvalue weighted by Gasteiger charge is 2.52. The molecule has 0 saturated carbocycles. The number of piperidine rings is 1. The first-order valence-corrected chi connectivity index (χ1v) is 17.9. The molecule has 3 aromatic rings. The fourth-order valence-electron chi connectivity index (χ4n) is 8.20. The molecule has 2 heterocycles. The smallest absolute Gasteiger partial charge is 0.407 e. The minimum absolute atomic E-state index is 0.161. The van der Waals surface area contributed by atoms with Crippen LogP contribution in [0.25, 0.3) is 11.1 Å². The summed E-state index contributed by atoms with van der Waals surface area (Å²) in [5.41, 5.74) is 6.97. The average Bonchev–Trinajstić information content (AvgIpc) is 3.30. The molecule has 5 rings (SSSR count). The maximum atomic E-state index is 14.5. The van der Waals surface area contributed by atoms with Gasteiger partial charge < -0.3 is 19.2 Å². The van der Waals surface area contributed by atoms with Gasteiger partial charge in [-0.05, 0) is 81.0 Å². The number of carbonyl (C=O) groups is 1. The zero-order chi connectivity index (χ0) is 32.0. The van der Waals surface area contributed by atoms with Gasteiger partial charge in [0.1, 0.15) is 5.60 Å². The number of aryl methyl sites for hydroxylation is 1. The second-order valence-corrected chi connectivity index (χ2v) is 18.9. The lowest BCUT2D eigenvalue weighted by Gasteiger charge is -2.45. The summed E-state index contributed by atoms with van der Waals surface area (Å²) in [6.45, 7) is 16.9. The summed E-state index contributed by atoms with van der Waals surface area (Å²) in [7, 11) is -2.06. The van der Waals surface area contributed by atoms with E-state index in [9.17, 15) is 18.7 Å². The first kappa shape index (κ1) is 32.3. The van der Waals surface area contributed by atoms with Gasteiger partial charge in [0.2, 0.25) is 8.32 Å². The van der Waals surface area contributed by atoms with Gasteiger partial charge in [0, 0.05) is 19.0 Å². The van der Waals surface area contributed by atoms with Gasteiger partial charge in [-0.25, -0.2) is 13.6 Å². The molecule has 8 heteroatoms. The van der Waals surface area contributed by atoms with Crippen molar-refractivity contribution in [2.75, 3.05) is 13.1 Å². The molecule has 1 N–H and O–H groups in total. The molecule has 2 atom stereocenters. The summed E-state index contributed by atoms with van der Waals surface area (Å²) in [5, 5.41) is 9.88. The van der Waals surface area contributed by atoms with Crippen LogP contribution in [0.4, 0.5) is 13.6 Å². The third-order valence-electron chi connectivity index (χ3n) is 10.2. The molecule has 44 heavy (non-hydrogen) atoms. The topological polar surface area (TPSA) is 59.0 Å². The molecule has 0 aromatic heterocycles. The van der Waals surface area contributed by atoms with E-state index < -0.39 is 31.6 Å². The van der Waals surface area contributed by atoms with Gasteiger partial charge in [-0.15, -0.1) is 0 Å². The average molecular weight is 622 g/mol. The number of hydrogen-bond acceptors (Lipinski definition) is 3. The van der Waals surface area contributed by atoms with Crippen molar-refractivity contribution in [2.24, 2.45) is 0 Å². The lowest BCUT2D eigenvalue weighted by Crippen LogP contribution is -2.50. The van der Waals surface area contributed by atoms with E-state index in [1.807, 2.05) is 13.0 Å². The largest absolute Gasteiger partial charge is 0.465 e. The predicted octanol–water partition coefficient (Wildman–Crippen LogP) is 9.53. The zero-order valence-electron chi connectivity index (χ0n) is 26.9. The lowest BCUT2D eigenvalue weighted by molar-refractivity contribution is -0.0916. The number of ether oxygens (including phenoxy) is 1. The highest BCUT2D eigenvalue weighted by atomic mass is 28.4. The molecule has 0 radical (unpaired) electrons. The number of nitrogens with zero attached hydrogens (tertiary/aromatic N) is 1. The normalized spacial score (nSPS) is 20.3. The molecule has 3 aromatic carbocycles. The fraction of sp³-hybridized carbons (Fsp3) is 0.472. The van der Waals surface area contributed by atoms with Gasteiger partial charge in [-0.1, -0.05) is 84.0 Å². The third-order valence-corrected chi connectivity index (χ3v) is 16.3. The molecule has 5 nitrogen and oxygen atoms in total. The summed E-state index contributed by atoms with van der Waals surface area (Å²) in [4.78, 5) is 13.5. The van der Waals surface area contributed by atoms with Crippen LogP contribution in [0.5, 0.6) is 0 Å². The Morgan fingerprint density at radius 2 is 1.68 bits per heavy atom. The molecule has 1 amide bonds. The first-order chi connectivity index (χ1) is 20.8. The number of rotatable bonds is 8. The number of hydrogen-bond donors (Lipinski definition) is 1. The van der Waals surface area contributed by atoms with Crippen molar-refractivity contribution in [2.45, 2.75) is 96.2 Å². The summed E-state index contributed by atoms with van der Waals surface area (Å²) in [5.74, 6) is -2.21. The number of carboxylic acid groups (broad SMARTS) is 1. The number of benzene rings is 3. The minimum atomic E-state index is -2.06. The van der Waals surface area contributed by atoms with Crippen LogP contribution in [0.2, 0.25) is 16.6 Å². The van der Waals surface area contributed by atoms with Crippen LogP contribution in [0.1, 0.15) is 81.7 Å². The van der Waals surface area contributed by atoms with Gasteiger partial charge in [0.25, 0.3) is 0 Å². The van der Waals surface area contributed by atoms with Gasteiger partial charge in [0.15, 0.2) is 11.6 Å². The fourth-order valence-corrected chi connectivity index (χ4v) is 13.6. The Bertz CT molecular complexity index is 1520. The van der Waals surface area contributed by atoms with Crippen molar-refractivity contribution in [1.29, 1.82) is 0 Å². The minimum Gasteiger partial charge on any atom is -0.465 e. The van der Waals surface area contributed by atoms with E-state index in [1.54, 1.807) is 0 Å². The van der Waals surface area contributed by atoms with Crippen molar-refractivity contribution in [3.63, 3.8) is 0 Å². The Morgan fingerprint density at radius 1 is 1.02 bits per heavy atom. The number of halogens is 2. The molecule has 2 aliphatic heterocycles. The van der Waals surface area contributed by atoms with Crippen LogP contribution in [-0.4, -0.2) is 37.5 Å². The quantitative estimate of drug-likeness (QED) is 0.255. The van der Waals surface area contributed by atoms with Gasteiger partial charge in [-0.2, -0.15) is 0 Å². The summed E-state index contributed by atoms with van der Waals surface area (Å²) in [6, 6.07) is 17.1. The second kappa shape index (κ2) is 12.4. The van der Waals surface area contributed by atoms with Crippen LogP contribution < -0.4 is 0 Å². The SMILES string of the molecule is Cc1cc(-c2ccccc2CO[Si](C(C)C)(C(C)C)C(C)C)ccc1[C@H]1CN(C(=O)O)CC[C@@]12OCc1cc(F)c(F)cc12. The molecular formula is C36H45F2NO4Si. The predicted molar refractivity (Wildman–Crippen MR) is 172 cm³/mol. The summed E-state index contributed by atoms with van der Waals surface area (Å²) >= 11 is 0. The Kier molecular flexibility index (Phi) is 9.09. The lowest BCUT2D eigenvalue weighted by atomic mass is 9.71. The van der Waals surface area contributed by atoms with Gasteiger partial charge >= 0.3 is 6.09 Å². The van der Waals surface area contributed by atoms with E-state index in [4.69, 9.17) is 9.16 Å². The zero-order valence-corrected chi connectivity index (χ0v) is 27.9. The Balaban J connectivity index is 1.52. The molecule has 2 aliphatic rings. The number of likely N-dealkylation sites (tertiary alicyclic amines) is 1. The van der Waals surface area contributed by atoms with Crippen LogP contribution in [0.15, 0.2) is 54.6 Å². The van der Waals surface area contributed by atoms with E-state index >= 15 is 0 Å². The third kappa shape index (κ3) is 5.50. The highest BCUT2D eigenvalue weighted by Crippen LogP contribution is 2.52. The Hall–Kier alpha value is -3.07. The monoisotopic (exact) mass is 621 g/mol. The van der Waals surface area contributed by atoms with Crippen LogP contribution in [0, 0.1) is 18.6 Å². The molecule has 236 valence electrons. The van der Waals surface area contributed by atoms with Crippen LogP contribution in [0.3, 0.4) is 0 Å². The van der Waals surface area contributed by atoms with Crippen molar-refractivity contribution in [3.05, 3.63) is 94.0 Å². The van der Waals surface area contributed by atoms with Gasteiger partial charge in [0.05, 0.1) is 13.2 Å². The second-order valence-electron chi connectivity index (χ2n) is 13.5. The maximum absolute atomic E-state index is 14.5. The molecule has 0 aliphatic carbocycles. The van der Waals surface area contributed by atoms with Crippen molar-refractivity contribution in [3.8, 4) is 11.1 Å². The molecule has 1 saturated heterocycles. The Labute approximate surface area is 261 Å². The standard InChI is InChI=1S/C36H45F2NO4Si/c1-22(2)44(23(3)4,24(5)6)43-21-27-10-8-9-11-30(27)26-12-13-29(25(7)16-26)32-19-39(35(40)41)15-14-36(32)31-18-34(38)33(37)17-28(31)20-42-36/h8-13,16-18,22-24,32H,14-15,19-21H2,1-7H3,(H,40,41)/t32-,36+/m1/s1. The van der Waals surface area contributed by atoms with Crippen LogP contribution in [-0.2, 0) is 28.0 Å². The van der Waals surface area contributed by atoms with Crippen molar-refractivity contribution < 1.29 is 27.8 Å². The number of amides is 1. The first-order valence-electron chi connectivity index (χ1n) is 15.7. The number of fused-ring (bicyclic) bond motifs is 2. The molecule has 0 unspecified atom stereocenters. The van der Waals surface area contributed by atoms with E-state index in [2.05, 4.69) is 77.9 Å². The highest BCUT2D eigenvalue weighted by molar-refractivity contribution is 6.77. The van der Waals surface area contributed by atoms with E-state index in [0.29, 0.717) is 40.8 Å². The van der Waals surface area contributed by atoms with E-state index in [-0.39, 0.29) is 25.6 Å². The summed E-state index contributed by atoms with van der Waals surface area (Å²) < 4.78 is 42.0. The van der Waals surface area contributed by atoms with E-state index in [1.165, 1.54) is 17.0 Å². The van der Waals surface area contributed by atoms with Crippen molar-refractivity contribution in [1.82, 2.24) is 4.90 Å². The molecular weight excluding hydrogens is 576 g/mol. The molecule has 1 fully saturated rings. The Morgan fingerprint density at radius 3 is 2.32 bits per heavy atom. The molecule has 1 spiro atoms. The molecule has 0 bridgehead atoms. The van der Waals surface area contributed by atoms with Crippen molar-refractivity contribution >= 4 is 14.4 Å². The van der Waals surface area contributed by atoms with E-state index in [0.717, 1.165) is 27.8 Å². The van der Waals surface area contributed by atoms with Crippen LogP contribution >= 0.6 is 0 Å². The van der Waals surface area contributed by atoms with Gasteiger partial charge in [-0.3, -0.25) is 0 Å².